The summed E-state index contributed by atoms with van der Waals surface area (Å²) in [4.78, 5) is 10.4. The van der Waals surface area contributed by atoms with Gasteiger partial charge in [0, 0.05) is 15.4 Å². The van der Waals surface area contributed by atoms with E-state index in [9.17, 15) is 0 Å². The highest BCUT2D eigenvalue weighted by Crippen LogP contribution is 2.34. The molecule has 0 aliphatic rings. The van der Waals surface area contributed by atoms with Crippen molar-refractivity contribution in [2.45, 2.75) is 13.8 Å². The Morgan fingerprint density at radius 2 is 2.00 bits per heavy atom. The van der Waals surface area contributed by atoms with Gasteiger partial charge in [0.25, 0.3) is 0 Å². The van der Waals surface area contributed by atoms with Gasteiger partial charge in [0.2, 0.25) is 0 Å². The van der Waals surface area contributed by atoms with Gasteiger partial charge in [-0.25, -0.2) is 9.97 Å². The van der Waals surface area contributed by atoms with Gasteiger partial charge in [-0.2, -0.15) is 0 Å². The van der Waals surface area contributed by atoms with Gasteiger partial charge >= 0.3 is 0 Å². The number of nitrogens with zero attached hydrogens (tertiary/aromatic N) is 2. The van der Waals surface area contributed by atoms with E-state index in [1.807, 2.05) is 26.0 Å². The molecule has 5 heteroatoms. The lowest BCUT2D eigenvalue weighted by Gasteiger charge is -1.96. The average molecular weight is 351 g/mol. The van der Waals surface area contributed by atoms with E-state index < -0.39 is 0 Å². The molecule has 2 aromatic heterocycles. The van der Waals surface area contributed by atoms with Gasteiger partial charge in [-0.3, -0.25) is 0 Å². The second-order valence-electron chi connectivity index (χ2n) is 4.20. The molecule has 2 nitrogen and oxygen atoms in total. The van der Waals surface area contributed by atoms with Crippen LogP contribution < -0.4 is 0 Å². The van der Waals surface area contributed by atoms with Crippen LogP contribution in [-0.4, -0.2) is 9.97 Å². The molecule has 2 heterocycles. The van der Waals surface area contributed by atoms with Crippen molar-refractivity contribution >= 4 is 38.6 Å². The molecule has 3 rings (SSSR count). The van der Waals surface area contributed by atoms with E-state index in [0.717, 1.165) is 31.4 Å². The van der Waals surface area contributed by atoms with E-state index in [4.69, 9.17) is 4.98 Å². The number of halogens is 1. The topological polar surface area (TPSA) is 25.8 Å². The molecule has 0 unspecified atom stereocenters. The number of thiazole rings is 2. The zero-order valence-electron chi connectivity index (χ0n) is 10.5. The number of aryl methyl sites for hydroxylation is 2. The molecule has 0 radical (unpaired) electrons. The smallest absolute Gasteiger partial charge is 0.124 e. The van der Waals surface area contributed by atoms with Crippen LogP contribution in [-0.2, 0) is 0 Å². The predicted molar refractivity (Wildman–Crippen MR) is 85.8 cm³/mol. The molecule has 0 spiro atoms. The van der Waals surface area contributed by atoms with Gasteiger partial charge in [0.1, 0.15) is 5.01 Å². The Hall–Kier alpha value is -1.04. The molecule has 3 aromatic rings. The Morgan fingerprint density at radius 3 is 2.68 bits per heavy atom. The fourth-order valence-electron chi connectivity index (χ4n) is 1.90. The standard InChI is InChI=1S/C14H11BrN2S2/c1-8-13(19-9(2)16-8)12-7-18-14(17-12)10-4-3-5-11(15)6-10/h3-7H,1-2H3. The fourth-order valence-corrected chi connectivity index (χ4v) is 4.06. The van der Waals surface area contributed by atoms with Crippen LogP contribution in [0, 0.1) is 13.8 Å². The summed E-state index contributed by atoms with van der Waals surface area (Å²) in [6.07, 6.45) is 0. The number of benzene rings is 1. The highest BCUT2D eigenvalue weighted by Gasteiger charge is 2.12. The lowest BCUT2D eigenvalue weighted by atomic mass is 10.2. The summed E-state index contributed by atoms with van der Waals surface area (Å²) in [5.41, 5.74) is 3.24. The largest absolute Gasteiger partial charge is 0.246 e. The molecule has 0 fully saturated rings. The van der Waals surface area contributed by atoms with Crippen molar-refractivity contribution < 1.29 is 0 Å². The van der Waals surface area contributed by atoms with E-state index in [0.29, 0.717) is 0 Å². The maximum Gasteiger partial charge on any atom is 0.124 e. The van der Waals surface area contributed by atoms with Gasteiger partial charge in [-0.05, 0) is 26.0 Å². The van der Waals surface area contributed by atoms with Crippen LogP contribution in [0.2, 0.25) is 0 Å². The highest BCUT2D eigenvalue weighted by atomic mass is 79.9. The number of rotatable bonds is 2. The van der Waals surface area contributed by atoms with Crippen LogP contribution in [0.3, 0.4) is 0 Å². The summed E-state index contributed by atoms with van der Waals surface area (Å²) in [5.74, 6) is 0. The van der Waals surface area contributed by atoms with Gasteiger partial charge in [-0.15, -0.1) is 22.7 Å². The Bertz CT molecular complexity index is 731. The van der Waals surface area contributed by atoms with Crippen molar-refractivity contribution in [3.8, 4) is 21.1 Å². The molecule has 19 heavy (non-hydrogen) atoms. The van der Waals surface area contributed by atoms with Crippen LogP contribution in [0.1, 0.15) is 10.7 Å². The quantitative estimate of drug-likeness (QED) is 0.625. The second kappa shape index (κ2) is 5.15. The van der Waals surface area contributed by atoms with Gasteiger partial charge in [0.05, 0.1) is 21.3 Å². The molecule has 0 N–H and O–H groups in total. The Morgan fingerprint density at radius 1 is 1.16 bits per heavy atom. The first-order valence-electron chi connectivity index (χ1n) is 5.79. The summed E-state index contributed by atoms with van der Waals surface area (Å²) >= 11 is 6.87. The van der Waals surface area contributed by atoms with Crippen LogP contribution >= 0.6 is 38.6 Å². The number of aromatic nitrogens is 2. The van der Waals surface area contributed by atoms with Crippen molar-refractivity contribution in [3.05, 3.63) is 44.8 Å². The van der Waals surface area contributed by atoms with E-state index >= 15 is 0 Å². The number of hydrogen-bond donors (Lipinski definition) is 0. The molecular weight excluding hydrogens is 340 g/mol. The molecule has 1 aromatic carbocycles. The minimum atomic E-state index is 1.03. The Labute approximate surface area is 128 Å². The van der Waals surface area contributed by atoms with Crippen molar-refractivity contribution in [2.75, 3.05) is 0 Å². The maximum absolute atomic E-state index is 4.73. The van der Waals surface area contributed by atoms with Gasteiger partial charge < -0.3 is 0 Å². The average Bonchev–Trinajstić information content (AvgIpc) is 2.96. The minimum Gasteiger partial charge on any atom is -0.246 e. The SMILES string of the molecule is Cc1nc(C)c(-c2csc(-c3cccc(Br)c3)n2)s1. The first-order chi connectivity index (χ1) is 9.13. The third kappa shape index (κ3) is 2.63. The van der Waals surface area contributed by atoms with E-state index in [1.165, 1.54) is 4.88 Å². The summed E-state index contributed by atoms with van der Waals surface area (Å²) in [5, 5.41) is 4.24. The predicted octanol–water partition coefficient (Wildman–Crippen LogP) is 5.31. The molecule has 0 saturated carbocycles. The van der Waals surface area contributed by atoms with E-state index in [1.54, 1.807) is 22.7 Å². The first kappa shape index (κ1) is 13.0. The molecular formula is C14H11BrN2S2. The molecule has 0 aliphatic carbocycles. The lowest BCUT2D eigenvalue weighted by Crippen LogP contribution is -1.80. The van der Waals surface area contributed by atoms with Crippen molar-refractivity contribution in [1.29, 1.82) is 0 Å². The zero-order chi connectivity index (χ0) is 13.4. The summed E-state index contributed by atoms with van der Waals surface area (Å²) in [7, 11) is 0. The third-order valence-corrected chi connectivity index (χ3v) is 5.19. The monoisotopic (exact) mass is 350 g/mol. The van der Waals surface area contributed by atoms with Crippen LogP contribution in [0.4, 0.5) is 0 Å². The highest BCUT2D eigenvalue weighted by molar-refractivity contribution is 9.10. The van der Waals surface area contributed by atoms with Crippen LogP contribution in [0.5, 0.6) is 0 Å². The Balaban J connectivity index is 2.02. The Kier molecular flexibility index (Phi) is 3.52. The molecule has 0 aliphatic heterocycles. The second-order valence-corrected chi connectivity index (χ2v) is 7.17. The zero-order valence-corrected chi connectivity index (χ0v) is 13.7. The first-order valence-corrected chi connectivity index (χ1v) is 8.28. The lowest BCUT2D eigenvalue weighted by molar-refractivity contribution is 1.20. The summed E-state index contributed by atoms with van der Waals surface area (Å²) in [6, 6.07) is 8.23. The fraction of sp³-hybridized carbons (Fsp3) is 0.143. The molecule has 0 bridgehead atoms. The molecule has 0 saturated heterocycles. The van der Waals surface area contributed by atoms with Crippen LogP contribution in [0.15, 0.2) is 34.1 Å². The maximum atomic E-state index is 4.73. The number of hydrogen-bond acceptors (Lipinski definition) is 4. The normalized spacial score (nSPS) is 10.9. The third-order valence-electron chi connectivity index (χ3n) is 2.71. The van der Waals surface area contributed by atoms with Gasteiger partial charge in [0.15, 0.2) is 0 Å². The van der Waals surface area contributed by atoms with E-state index in [2.05, 4.69) is 38.4 Å². The summed E-state index contributed by atoms with van der Waals surface area (Å²) in [6.45, 7) is 4.07. The van der Waals surface area contributed by atoms with E-state index in [-0.39, 0.29) is 0 Å². The summed E-state index contributed by atoms with van der Waals surface area (Å²) < 4.78 is 1.08. The van der Waals surface area contributed by atoms with Crippen molar-refractivity contribution in [1.82, 2.24) is 9.97 Å². The van der Waals surface area contributed by atoms with Gasteiger partial charge in [-0.1, -0.05) is 28.1 Å². The van der Waals surface area contributed by atoms with Crippen LogP contribution in [0.25, 0.3) is 21.1 Å². The molecule has 96 valence electrons. The molecule has 0 atom stereocenters. The minimum absolute atomic E-state index is 1.03. The van der Waals surface area contributed by atoms with Crippen molar-refractivity contribution in [3.63, 3.8) is 0 Å². The molecule has 0 amide bonds. The van der Waals surface area contributed by atoms with Crippen molar-refractivity contribution in [2.24, 2.45) is 0 Å².